The number of hydrogen-bond donors (Lipinski definition) is 0. The highest BCUT2D eigenvalue weighted by Crippen LogP contribution is 2.59. The van der Waals surface area contributed by atoms with Gasteiger partial charge < -0.3 is 14.2 Å². The van der Waals surface area contributed by atoms with E-state index >= 15 is 0 Å². The SMILES string of the molecule is CC(=O)C1(C)CCCC2(C)c3cc(OCOCCCOC(=O)c4cc5c(cc4C(C)C)CCC4C(C)(C(C)=O)CCCC54C)c(C(C)C)cc3CCC12. The van der Waals surface area contributed by atoms with E-state index in [9.17, 15) is 14.4 Å². The second kappa shape index (κ2) is 14.9. The first-order valence-corrected chi connectivity index (χ1v) is 20.7. The van der Waals surface area contributed by atoms with E-state index in [4.69, 9.17) is 14.2 Å². The number of rotatable bonds is 12. The average molecular weight is 727 g/mol. The van der Waals surface area contributed by atoms with Crippen LogP contribution in [0, 0.1) is 22.7 Å². The topological polar surface area (TPSA) is 78.9 Å². The van der Waals surface area contributed by atoms with Gasteiger partial charge in [0.1, 0.15) is 17.3 Å². The molecule has 6 unspecified atom stereocenters. The molecule has 4 aliphatic carbocycles. The summed E-state index contributed by atoms with van der Waals surface area (Å²) >= 11 is 0. The van der Waals surface area contributed by atoms with E-state index in [0.29, 0.717) is 36.2 Å². The fourth-order valence-electron chi connectivity index (χ4n) is 11.7. The maximum Gasteiger partial charge on any atom is 0.338 e. The standard InChI is InChI=1S/C47H66O6/c1-29(2)35-24-33-14-16-41-44(7,31(5)48)18-11-20-46(41,9)38(33)26-37(35)43(50)52-23-13-22-51-28-53-40-27-39-34(25-36(40)30(3)4)15-17-42-45(8,32(6)49)19-12-21-47(39,42)10/h24-27,29-30,41-42H,11-23,28H2,1-10H3. The summed E-state index contributed by atoms with van der Waals surface area (Å²) in [5, 5.41) is 0. The molecule has 0 heterocycles. The monoisotopic (exact) mass is 726 g/mol. The molecule has 2 saturated carbocycles. The summed E-state index contributed by atoms with van der Waals surface area (Å²) in [6, 6.07) is 8.98. The third-order valence-electron chi connectivity index (χ3n) is 15.0. The number of hydrogen-bond acceptors (Lipinski definition) is 6. The Morgan fingerprint density at radius 1 is 0.698 bits per heavy atom. The first-order chi connectivity index (χ1) is 25.0. The highest BCUT2D eigenvalue weighted by atomic mass is 16.7. The summed E-state index contributed by atoms with van der Waals surface area (Å²) in [6.07, 6.45) is 10.7. The van der Waals surface area contributed by atoms with E-state index in [1.807, 2.05) is 0 Å². The number of esters is 1. The Bertz CT molecular complexity index is 1740. The van der Waals surface area contributed by atoms with Crippen molar-refractivity contribution < 1.29 is 28.6 Å². The molecule has 0 aliphatic heterocycles. The molecule has 4 aliphatic rings. The molecule has 0 amide bonds. The van der Waals surface area contributed by atoms with Crippen molar-refractivity contribution >= 4 is 17.5 Å². The molecule has 2 aromatic rings. The van der Waals surface area contributed by atoms with Gasteiger partial charge in [0.05, 0.1) is 18.8 Å². The van der Waals surface area contributed by atoms with Gasteiger partial charge in [-0.15, -0.1) is 0 Å². The molecule has 53 heavy (non-hydrogen) atoms. The number of fused-ring (bicyclic) bond motifs is 6. The minimum atomic E-state index is -0.322. The van der Waals surface area contributed by atoms with Gasteiger partial charge in [0.25, 0.3) is 0 Å². The van der Waals surface area contributed by atoms with Crippen molar-refractivity contribution in [2.75, 3.05) is 20.0 Å². The second-order valence-electron chi connectivity index (χ2n) is 18.8. The number of carbonyl (C=O) groups excluding carboxylic acids is 3. The van der Waals surface area contributed by atoms with E-state index < -0.39 is 0 Å². The third-order valence-corrected chi connectivity index (χ3v) is 15.0. The summed E-state index contributed by atoms with van der Waals surface area (Å²) < 4.78 is 18.2. The Labute approximate surface area is 319 Å². The lowest BCUT2D eigenvalue weighted by molar-refractivity contribution is -0.134. The molecule has 6 heteroatoms. The third kappa shape index (κ3) is 6.93. The van der Waals surface area contributed by atoms with Crippen LogP contribution in [-0.2, 0) is 42.7 Å². The van der Waals surface area contributed by atoms with E-state index in [-0.39, 0.29) is 58.6 Å². The lowest BCUT2D eigenvalue weighted by atomic mass is 9.49. The second-order valence-corrected chi connectivity index (χ2v) is 18.8. The lowest BCUT2D eigenvalue weighted by Crippen LogP contribution is -2.51. The van der Waals surface area contributed by atoms with Gasteiger partial charge in [0, 0.05) is 17.3 Å². The van der Waals surface area contributed by atoms with Gasteiger partial charge in [0.15, 0.2) is 6.79 Å². The van der Waals surface area contributed by atoms with Crippen LogP contribution in [-0.4, -0.2) is 37.5 Å². The minimum Gasteiger partial charge on any atom is -0.467 e. The Hall–Kier alpha value is -2.99. The van der Waals surface area contributed by atoms with Gasteiger partial charge in [-0.3, -0.25) is 9.59 Å². The van der Waals surface area contributed by atoms with Crippen LogP contribution < -0.4 is 4.74 Å². The predicted molar refractivity (Wildman–Crippen MR) is 211 cm³/mol. The summed E-state index contributed by atoms with van der Waals surface area (Å²) in [7, 11) is 0. The van der Waals surface area contributed by atoms with E-state index in [0.717, 1.165) is 75.5 Å². The smallest absolute Gasteiger partial charge is 0.338 e. The molecule has 0 spiro atoms. The van der Waals surface area contributed by atoms with E-state index in [1.54, 1.807) is 13.8 Å². The van der Waals surface area contributed by atoms with Crippen molar-refractivity contribution in [3.63, 3.8) is 0 Å². The van der Waals surface area contributed by atoms with Crippen molar-refractivity contribution in [1.82, 2.24) is 0 Å². The van der Waals surface area contributed by atoms with Crippen LogP contribution in [0.15, 0.2) is 24.3 Å². The minimum absolute atomic E-state index is 0.0525. The van der Waals surface area contributed by atoms with Crippen LogP contribution in [0.2, 0.25) is 0 Å². The fraction of sp³-hybridized carbons (Fsp3) is 0.681. The predicted octanol–water partition coefficient (Wildman–Crippen LogP) is 10.7. The number of ether oxygens (including phenoxy) is 3. The molecule has 0 aromatic heterocycles. The quantitative estimate of drug-likeness (QED) is 0.123. The molecule has 2 aromatic carbocycles. The summed E-state index contributed by atoms with van der Waals surface area (Å²) in [4.78, 5) is 39.5. The Kier molecular flexibility index (Phi) is 11.2. The molecule has 6 atom stereocenters. The maximum absolute atomic E-state index is 13.7. The van der Waals surface area contributed by atoms with E-state index in [1.165, 1.54) is 27.8 Å². The molecular weight excluding hydrogens is 661 g/mol. The molecule has 0 bridgehead atoms. The fourth-order valence-corrected chi connectivity index (χ4v) is 11.7. The molecule has 290 valence electrons. The van der Waals surface area contributed by atoms with Crippen molar-refractivity contribution in [3.8, 4) is 5.75 Å². The maximum atomic E-state index is 13.7. The van der Waals surface area contributed by atoms with Crippen LogP contribution in [0.3, 0.4) is 0 Å². The van der Waals surface area contributed by atoms with Gasteiger partial charge in [-0.1, -0.05) is 80.4 Å². The van der Waals surface area contributed by atoms with Crippen molar-refractivity contribution in [2.45, 2.75) is 163 Å². The molecule has 6 nitrogen and oxygen atoms in total. The highest BCUT2D eigenvalue weighted by Gasteiger charge is 2.55. The molecule has 2 fully saturated rings. The number of aryl methyl sites for hydroxylation is 2. The average Bonchev–Trinajstić information content (AvgIpc) is 3.10. The van der Waals surface area contributed by atoms with Gasteiger partial charge in [-0.2, -0.15) is 0 Å². The van der Waals surface area contributed by atoms with Crippen LogP contribution in [0.4, 0.5) is 0 Å². The van der Waals surface area contributed by atoms with Crippen molar-refractivity contribution in [3.05, 3.63) is 63.2 Å². The van der Waals surface area contributed by atoms with Gasteiger partial charge in [-0.25, -0.2) is 4.79 Å². The lowest BCUT2D eigenvalue weighted by Gasteiger charge is -2.54. The van der Waals surface area contributed by atoms with Gasteiger partial charge in [0.2, 0.25) is 0 Å². The zero-order chi connectivity index (χ0) is 38.5. The summed E-state index contributed by atoms with van der Waals surface area (Å²) in [5.41, 5.74) is 7.41. The van der Waals surface area contributed by atoms with Crippen molar-refractivity contribution in [2.24, 2.45) is 22.7 Å². The van der Waals surface area contributed by atoms with Crippen LogP contribution in [0.1, 0.15) is 183 Å². The van der Waals surface area contributed by atoms with E-state index in [2.05, 4.69) is 79.7 Å². The Balaban J connectivity index is 1.09. The summed E-state index contributed by atoms with van der Waals surface area (Å²) in [5.74, 6) is 2.29. The highest BCUT2D eigenvalue weighted by molar-refractivity contribution is 5.92. The van der Waals surface area contributed by atoms with Crippen molar-refractivity contribution in [1.29, 1.82) is 0 Å². The normalized spacial score (nSPS) is 30.6. The summed E-state index contributed by atoms with van der Waals surface area (Å²) in [6.45, 7) is 22.1. The number of carbonyl (C=O) groups is 3. The first-order valence-electron chi connectivity index (χ1n) is 20.7. The van der Waals surface area contributed by atoms with Crippen LogP contribution >= 0.6 is 0 Å². The number of ketones is 2. The number of Topliss-reactive ketones (excluding diaryl/α,β-unsaturated/α-hetero) is 2. The zero-order valence-electron chi connectivity index (χ0n) is 34.5. The van der Waals surface area contributed by atoms with Crippen LogP contribution in [0.25, 0.3) is 0 Å². The molecule has 0 saturated heterocycles. The molecule has 0 radical (unpaired) electrons. The zero-order valence-corrected chi connectivity index (χ0v) is 34.5. The largest absolute Gasteiger partial charge is 0.467 e. The van der Waals surface area contributed by atoms with Gasteiger partial charge >= 0.3 is 5.97 Å². The molecule has 6 rings (SSSR count). The Morgan fingerprint density at radius 2 is 1.21 bits per heavy atom. The van der Waals surface area contributed by atoms with Crippen LogP contribution in [0.5, 0.6) is 5.75 Å². The first kappa shape index (κ1) is 39.7. The Morgan fingerprint density at radius 3 is 1.72 bits per heavy atom. The molecular formula is C47H66O6. The molecule has 0 N–H and O–H groups in total. The van der Waals surface area contributed by atoms with Gasteiger partial charge in [-0.05, 0) is 145 Å². The number of benzene rings is 2.